The van der Waals surface area contributed by atoms with Crippen LogP contribution in [0.2, 0.25) is 0 Å². The SMILES string of the molecule is C=CCO/N=C(\C)c1cc(-c2ccccc2)n(-c2ccc(OC)cc2OC)c1C. The molecule has 1 aromatic heterocycles. The molecule has 0 saturated heterocycles. The molecular formula is C24H26N2O3. The second-order valence-corrected chi connectivity index (χ2v) is 6.53. The standard InChI is InChI=1S/C24H26N2O3/c1-6-14-29-25-17(2)21-16-23(19-10-8-7-9-11-19)26(18(21)3)22-13-12-20(27-4)15-24(22)28-5/h6-13,15-16H,1,14H2,2-5H3/b25-17+. The summed E-state index contributed by atoms with van der Waals surface area (Å²) < 4.78 is 13.2. The normalized spacial score (nSPS) is 11.2. The fourth-order valence-electron chi connectivity index (χ4n) is 3.31. The Labute approximate surface area is 171 Å². The molecule has 5 nitrogen and oxygen atoms in total. The molecule has 0 unspecified atom stereocenters. The van der Waals surface area contributed by atoms with Gasteiger partial charge in [0.15, 0.2) is 0 Å². The van der Waals surface area contributed by atoms with Gasteiger partial charge in [0.25, 0.3) is 0 Å². The topological polar surface area (TPSA) is 45.0 Å². The van der Waals surface area contributed by atoms with Crippen LogP contribution < -0.4 is 9.47 Å². The summed E-state index contributed by atoms with van der Waals surface area (Å²) in [5.74, 6) is 1.47. The van der Waals surface area contributed by atoms with Gasteiger partial charge in [0, 0.05) is 17.3 Å². The van der Waals surface area contributed by atoms with Gasteiger partial charge in [-0.25, -0.2) is 0 Å². The molecule has 0 spiro atoms. The van der Waals surface area contributed by atoms with Gasteiger partial charge in [-0.3, -0.25) is 0 Å². The highest BCUT2D eigenvalue weighted by atomic mass is 16.6. The van der Waals surface area contributed by atoms with Gasteiger partial charge in [0.1, 0.15) is 18.1 Å². The molecule has 0 aliphatic rings. The first-order valence-electron chi connectivity index (χ1n) is 9.38. The van der Waals surface area contributed by atoms with Crippen molar-refractivity contribution in [2.24, 2.45) is 5.16 Å². The van der Waals surface area contributed by atoms with E-state index in [1.807, 2.05) is 43.3 Å². The van der Waals surface area contributed by atoms with Crippen LogP contribution >= 0.6 is 0 Å². The Morgan fingerprint density at radius 2 is 1.83 bits per heavy atom. The van der Waals surface area contributed by atoms with Crippen LogP contribution in [0.25, 0.3) is 16.9 Å². The molecule has 5 heteroatoms. The lowest BCUT2D eigenvalue weighted by Gasteiger charge is -2.16. The van der Waals surface area contributed by atoms with E-state index in [4.69, 9.17) is 14.3 Å². The molecule has 0 aliphatic heterocycles. The number of hydrogen-bond acceptors (Lipinski definition) is 4. The summed E-state index contributed by atoms with van der Waals surface area (Å²) in [5.41, 5.74) is 5.91. The van der Waals surface area contributed by atoms with Crippen LogP contribution in [0.1, 0.15) is 18.2 Å². The van der Waals surface area contributed by atoms with Crippen molar-refractivity contribution in [2.45, 2.75) is 13.8 Å². The first-order valence-corrected chi connectivity index (χ1v) is 9.38. The third kappa shape index (κ3) is 4.19. The molecule has 3 aromatic rings. The zero-order chi connectivity index (χ0) is 20.8. The summed E-state index contributed by atoms with van der Waals surface area (Å²) in [7, 11) is 3.31. The van der Waals surface area contributed by atoms with Gasteiger partial charge >= 0.3 is 0 Å². The summed E-state index contributed by atoms with van der Waals surface area (Å²) in [6.45, 7) is 8.03. The first-order chi connectivity index (χ1) is 14.1. The van der Waals surface area contributed by atoms with Crippen LogP contribution in [-0.2, 0) is 4.84 Å². The quantitative estimate of drug-likeness (QED) is 0.224. The molecular weight excluding hydrogens is 364 g/mol. The smallest absolute Gasteiger partial charge is 0.146 e. The van der Waals surface area contributed by atoms with Gasteiger partial charge in [-0.05, 0) is 37.6 Å². The Hall–Kier alpha value is -3.47. The number of nitrogens with zero attached hydrogens (tertiary/aromatic N) is 2. The maximum absolute atomic E-state index is 5.67. The lowest BCUT2D eigenvalue weighted by molar-refractivity contribution is 0.175. The third-order valence-electron chi connectivity index (χ3n) is 4.73. The maximum Gasteiger partial charge on any atom is 0.146 e. The molecule has 0 saturated carbocycles. The summed E-state index contributed by atoms with van der Waals surface area (Å²) in [5, 5.41) is 4.24. The molecule has 0 radical (unpaired) electrons. The fraction of sp³-hybridized carbons (Fsp3) is 0.208. The molecule has 0 aliphatic carbocycles. The van der Waals surface area contributed by atoms with Gasteiger partial charge < -0.3 is 18.9 Å². The molecule has 0 atom stereocenters. The Morgan fingerprint density at radius 3 is 2.48 bits per heavy atom. The average Bonchev–Trinajstić information content (AvgIpc) is 3.11. The monoisotopic (exact) mass is 390 g/mol. The second-order valence-electron chi connectivity index (χ2n) is 6.53. The molecule has 0 amide bonds. The number of ether oxygens (including phenoxy) is 2. The lowest BCUT2D eigenvalue weighted by atomic mass is 10.1. The molecule has 2 aromatic carbocycles. The average molecular weight is 390 g/mol. The van der Waals surface area contributed by atoms with Gasteiger partial charge in [-0.2, -0.15) is 0 Å². The number of aromatic nitrogens is 1. The van der Waals surface area contributed by atoms with E-state index in [0.29, 0.717) is 6.61 Å². The van der Waals surface area contributed by atoms with Crippen LogP contribution in [0, 0.1) is 6.92 Å². The number of methoxy groups -OCH3 is 2. The number of hydrogen-bond donors (Lipinski definition) is 0. The predicted molar refractivity (Wildman–Crippen MR) is 117 cm³/mol. The van der Waals surface area contributed by atoms with E-state index in [2.05, 4.69) is 41.4 Å². The molecule has 150 valence electrons. The fourth-order valence-corrected chi connectivity index (χ4v) is 3.31. The lowest BCUT2D eigenvalue weighted by Crippen LogP contribution is -2.04. The summed E-state index contributed by atoms with van der Waals surface area (Å²) in [6.07, 6.45) is 1.67. The van der Waals surface area contributed by atoms with Crippen LogP contribution in [0.4, 0.5) is 0 Å². The van der Waals surface area contributed by atoms with E-state index in [-0.39, 0.29) is 0 Å². The Balaban J connectivity index is 2.22. The van der Waals surface area contributed by atoms with Crippen molar-refractivity contribution < 1.29 is 14.3 Å². The van der Waals surface area contributed by atoms with E-state index in [1.54, 1.807) is 20.3 Å². The van der Waals surface area contributed by atoms with Crippen molar-refractivity contribution in [3.8, 4) is 28.4 Å². The number of oxime groups is 1. The minimum absolute atomic E-state index is 0.370. The predicted octanol–water partition coefficient (Wildman–Crippen LogP) is 5.40. The Kier molecular flexibility index (Phi) is 6.39. The van der Waals surface area contributed by atoms with Crippen molar-refractivity contribution in [3.05, 3.63) is 78.5 Å². The number of rotatable bonds is 8. The maximum atomic E-state index is 5.67. The van der Waals surface area contributed by atoms with Crippen molar-refractivity contribution >= 4 is 5.71 Å². The summed E-state index contributed by atoms with van der Waals surface area (Å²) >= 11 is 0. The van der Waals surface area contributed by atoms with Gasteiger partial charge in [0.2, 0.25) is 0 Å². The zero-order valence-corrected chi connectivity index (χ0v) is 17.3. The van der Waals surface area contributed by atoms with E-state index >= 15 is 0 Å². The zero-order valence-electron chi connectivity index (χ0n) is 17.3. The van der Waals surface area contributed by atoms with Gasteiger partial charge in [-0.1, -0.05) is 48.1 Å². The highest BCUT2D eigenvalue weighted by molar-refractivity contribution is 6.01. The molecule has 0 N–H and O–H groups in total. The Bertz CT molecular complexity index is 1020. The van der Waals surface area contributed by atoms with Crippen LogP contribution in [0.15, 0.2) is 72.4 Å². The molecule has 1 heterocycles. The Morgan fingerprint density at radius 1 is 1.07 bits per heavy atom. The van der Waals surface area contributed by atoms with E-state index in [9.17, 15) is 0 Å². The van der Waals surface area contributed by atoms with Crippen molar-refractivity contribution in [1.82, 2.24) is 4.57 Å². The third-order valence-corrected chi connectivity index (χ3v) is 4.73. The summed E-state index contributed by atoms with van der Waals surface area (Å²) in [6, 6.07) is 18.2. The highest BCUT2D eigenvalue weighted by Gasteiger charge is 2.19. The molecule has 29 heavy (non-hydrogen) atoms. The van der Waals surface area contributed by atoms with E-state index in [1.165, 1.54) is 0 Å². The minimum atomic E-state index is 0.370. The van der Waals surface area contributed by atoms with Crippen LogP contribution in [-0.4, -0.2) is 31.1 Å². The van der Waals surface area contributed by atoms with Gasteiger partial charge in [-0.15, -0.1) is 0 Å². The first kappa shape index (κ1) is 20.3. The van der Waals surface area contributed by atoms with Crippen molar-refractivity contribution in [2.75, 3.05) is 20.8 Å². The minimum Gasteiger partial charge on any atom is -0.497 e. The van der Waals surface area contributed by atoms with Crippen LogP contribution in [0.5, 0.6) is 11.5 Å². The van der Waals surface area contributed by atoms with Crippen molar-refractivity contribution in [3.63, 3.8) is 0 Å². The number of benzene rings is 2. The summed E-state index contributed by atoms with van der Waals surface area (Å²) in [4.78, 5) is 5.31. The largest absolute Gasteiger partial charge is 0.497 e. The van der Waals surface area contributed by atoms with Crippen LogP contribution in [0.3, 0.4) is 0 Å². The molecule has 3 rings (SSSR count). The van der Waals surface area contributed by atoms with Gasteiger partial charge in [0.05, 0.1) is 31.3 Å². The van der Waals surface area contributed by atoms with Crippen molar-refractivity contribution in [1.29, 1.82) is 0 Å². The molecule has 0 bridgehead atoms. The molecule has 0 fully saturated rings. The highest BCUT2D eigenvalue weighted by Crippen LogP contribution is 2.35. The van der Waals surface area contributed by atoms with E-state index < -0.39 is 0 Å². The second kappa shape index (κ2) is 9.15. The van der Waals surface area contributed by atoms with E-state index in [0.717, 1.165) is 45.4 Å².